The summed E-state index contributed by atoms with van der Waals surface area (Å²) in [6.07, 6.45) is 3.72. The van der Waals surface area contributed by atoms with E-state index in [-0.39, 0.29) is 16.6 Å². The molecule has 5 aromatic rings. The highest BCUT2D eigenvalue weighted by Crippen LogP contribution is 2.41. The van der Waals surface area contributed by atoms with Crippen molar-refractivity contribution in [3.8, 4) is 5.69 Å². The lowest BCUT2D eigenvalue weighted by Crippen LogP contribution is -2.38. The predicted molar refractivity (Wildman–Crippen MR) is 159 cm³/mol. The van der Waals surface area contributed by atoms with Crippen molar-refractivity contribution in [2.45, 2.75) is 32.7 Å². The van der Waals surface area contributed by atoms with Gasteiger partial charge < -0.3 is 4.57 Å². The molecule has 40 heavy (non-hydrogen) atoms. The van der Waals surface area contributed by atoms with E-state index in [1.807, 2.05) is 53.3 Å². The van der Waals surface area contributed by atoms with Gasteiger partial charge in [-0.1, -0.05) is 77.5 Å². The molecule has 1 aliphatic heterocycles. The van der Waals surface area contributed by atoms with Crippen LogP contribution in [-0.4, -0.2) is 9.13 Å². The minimum absolute atomic E-state index is 0.0506. The van der Waals surface area contributed by atoms with Crippen LogP contribution in [0, 0.1) is 19.7 Å². The van der Waals surface area contributed by atoms with E-state index in [2.05, 4.69) is 36.4 Å². The highest BCUT2D eigenvalue weighted by Gasteiger charge is 2.32. The summed E-state index contributed by atoms with van der Waals surface area (Å²) in [5.41, 5.74) is 9.11. The lowest BCUT2D eigenvalue weighted by molar-refractivity contribution is 0.585. The van der Waals surface area contributed by atoms with Crippen molar-refractivity contribution >= 4 is 34.7 Å². The van der Waals surface area contributed by atoms with Crippen molar-refractivity contribution in [3.05, 3.63) is 149 Å². The molecule has 0 fully saturated rings. The number of hydrogen-bond acceptors (Lipinski definition) is 3. The maximum Gasteiger partial charge on any atom is 0.271 e. The second kappa shape index (κ2) is 9.58. The number of hydrogen-bond donors (Lipinski definition) is 0. The fraction of sp³-hybridized carbons (Fsp3) is 0.152. The highest BCUT2D eigenvalue weighted by atomic mass is 35.5. The standard InChI is InChI=1S/C33H25ClFN3OS/c1-19-16-23(20(2)37(19)24-13-15-27(34)28(35)18-24)17-29-32(39)38-31(22-9-4-3-5-10-22)26-14-12-21-8-6-7-11-25(21)30(26)36-33(38)40-29/h3-11,13,15-18,31H,12,14H2,1-2H3/b29-17-/t31-/m1/s1. The molecule has 0 unspecified atom stereocenters. The van der Waals surface area contributed by atoms with E-state index < -0.39 is 5.82 Å². The minimum atomic E-state index is -0.465. The number of aryl methyl sites for hydroxylation is 2. The molecule has 7 heteroatoms. The fourth-order valence-electron chi connectivity index (χ4n) is 6.05. The van der Waals surface area contributed by atoms with E-state index in [0.29, 0.717) is 15.0 Å². The van der Waals surface area contributed by atoms with Gasteiger partial charge in [-0.2, -0.15) is 0 Å². The molecule has 0 radical (unpaired) electrons. The molecule has 3 heterocycles. The molecule has 0 saturated carbocycles. The van der Waals surface area contributed by atoms with Crippen molar-refractivity contribution in [3.63, 3.8) is 0 Å². The smallest absolute Gasteiger partial charge is 0.271 e. The van der Waals surface area contributed by atoms with Gasteiger partial charge in [0.15, 0.2) is 4.80 Å². The Labute approximate surface area is 239 Å². The summed E-state index contributed by atoms with van der Waals surface area (Å²) in [5.74, 6) is -0.465. The Hall–Kier alpha value is -4.00. The summed E-state index contributed by atoms with van der Waals surface area (Å²) in [5, 5.41) is 0.0887. The molecule has 0 spiro atoms. The summed E-state index contributed by atoms with van der Waals surface area (Å²) in [7, 11) is 0. The second-order valence-electron chi connectivity index (χ2n) is 10.3. The second-order valence-corrected chi connectivity index (χ2v) is 11.7. The van der Waals surface area contributed by atoms with Gasteiger partial charge in [-0.05, 0) is 79.3 Å². The Morgan fingerprint density at radius 3 is 2.58 bits per heavy atom. The van der Waals surface area contributed by atoms with Gasteiger partial charge in [0, 0.05) is 22.6 Å². The Kier molecular flexibility index (Phi) is 5.99. The van der Waals surface area contributed by atoms with Crippen LogP contribution in [0.1, 0.15) is 46.1 Å². The van der Waals surface area contributed by atoms with E-state index in [0.717, 1.165) is 46.6 Å². The zero-order chi connectivity index (χ0) is 27.5. The fourth-order valence-corrected chi connectivity index (χ4v) is 7.16. The summed E-state index contributed by atoms with van der Waals surface area (Å²) in [4.78, 5) is 19.9. The third-order valence-electron chi connectivity index (χ3n) is 7.91. The van der Waals surface area contributed by atoms with Crippen LogP contribution in [-0.2, 0) is 6.42 Å². The quantitative estimate of drug-likeness (QED) is 0.245. The van der Waals surface area contributed by atoms with Crippen LogP contribution >= 0.6 is 22.9 Å². The largest absolute Gasteiger partial charge is 0.318 e. The number of benzene rings is 3. The van der Waals surface area contributed by atoms with Gasteiger partial charge in [-0.25, -0.2) is 9.38 Å². The molecule has 1 atom stereocenters. The van der Waals surface area contributed by atoms with Gasteiger partial charge in [-0.3, -0.25) is 9.36 Å². The van der Waals surface area contributed by atoms with Crippen LogP contribution in [0.4, 0.5) is 4.39 Å². The number of halogens is 2. The van der Waals surface area contributed by atoms with Crippen molar-refractivity contribution in [2.24, 2.45) is 4.99 Å². The molecule has 2 aromatic heterocycles. The van der Waals surface area contributed by atoms with Crippen molar-refractivity contribution in [1.82, 2.24) is 9.13 Å². The first-order valence-corrected chi connectivity index (χ1v) is 14.4. The van der Waals surface area contributed by atoms with E-state index in [4.69, 9.17) is 16.6 Å². The zero-order valence-electron chi connectivity index (χ0n) is 22.0. The number of nitrogens with zero attached hydrogens (tertiary/aromatic N) is 3. The molecule has 2 aliphatic rings. The summed E-state index contributed by atoms with van der Waals surface area (Å²) < 4.78 is 18.7. The molecule has 0 amide bonds. The van der Waals surface area contributed by atoms with Crippen LogP contribution in [0.2, 0.25) is 5.02 Å². The first-order chi connectivity index (χ1) is 19.4. The first-order valence-electron chi connectivity index (χ1n) is 13.2. The Balaban J connectivity index is 1.43. The molecule has 3 aromatic carbocycles. The molecule has 0 bridgehead atoms. The van der Waals surface area contributed by atoms with Crippen LogP contribution in [0.5, 0.6) is 0 Å². The third-order valence-corrected chi connectivity index (χ3v) is 9.20. The Bertz CT molecular complexity index is 2030. The monoisotopic (exact) mass is 565 g/mol. The molecule has 7 rings (SSSR count). The number of fused-ring (bicyclic) bond motifs is 3. The highest BCUT2D eigenvalue weighted by molar-refractivity contribution is 7.07. The van der Waals surface area contributed by atoms with E-state index in [9.17, 15) is 9.18 Å². The summed E-state index contributed by atoms with van der Waals surface area (Å²) in [6.45, 7) is 3.95. The number of rotatable bonds is 3. The molecule has 0 N–H and O–H groups in total. The molecule has 4 nitrogen and oxygen atoms in total. The van der Waals surface area contributed by atoms with Gasteiger partial charge in [0.2, 0.25) is 0 Å². The average molecular weight is 566 g/mol. The van der Waals surface area contributed by atoms with Crippen LogP contribution in [0.25, 0.3) is 17.5 Å². The van der Waals surface area contributed by atoms with Gasteiger partial charge >= 0.3 is 0 Å². The van der Waals surface area contributed by atoms with Gasteiger partial charge in [0.1, 0.15) is 5.82 Å². The van der Waals surface area contributed by atoms with Gasteiger partial charge in [0.05, 0.1) is 21.3 Å². The number of aromatic nitrogens is 2. The molecule has 1 aliphatic carbocycles. The van der Waals surface area contributed by atoms with Crippen LogP contribution < -0.4 is 14.9 Å². The van der Waals surface area contributed by atoms with Crippen LogP contribution in [0.3, 0.4) is 0 Å². The maximum absolute atomic E-state index is 14.3. The molecule has 198 valence electrons. The SMILES string of the molecule is Cc1cc(/C=c2\sc3n(c2=O)[C@H](c2ccccc2)C2=C(N=3)c3ccccc3CC2)c(C)n1-c1ccc(Cl)c(F)c1. The molecule has 0 saturated heterocycles. The lowest BCUT2D eigenvalue weighted by atomic mass is 9.83. The van der Waals surface area contributed by atoms with Crippen molar-refractivity contribution in [2.75, 3.05) is 0 Å². The topological polar surface area (TPSA) is 39.3 Å². The zero-order valence-corrected chi connectivity index (χ0v) is 23.6. The summed E-state index contributed by atoms with van der Waals surface area (Å²) in [6, 6.07) is 25.3. The predicted octanol–water partition coefficient (Wildman–Crippen LogP) is 6.52. The van der Waals surface area contributed by atoms with Crippen LogP contribution in [0.15, 0.2) is 94.2 Å². The molecular weight excluding hydrogens is 541 g/mol. The van der Waals surface area contributed by atoms with Crippen molar-refractivity contribution in [1.29, 1.82) is 0 Å². The van der Waals surface area contributed by atoms with E-state index >= 15 is 0 Å². The Morgan fingerprint density at radius 2 is 1.77 bits per heavy atom. The van der Waals surface area contributed by atoms with E-state index in [1.54, 1.807) is 12.1 Å². The number of thiazole rings is 1. The lowest BCUT2D eigenvalue weighted by Gasteiger charge is -2.30. The van der Waals surface area contributed by atoms with E-state index in [1.165, 1.54) is 28.5 Å². The number of allylic oxidation sites excluding steroid dienone is 1. The average Bonchev–Trinajstić information content (AvgIpc) is 3.43. The molecular formula is C33H25ClFN3OS. The Morgan fingerprint density at radius 1 is 1.00 bits per heavy atom. The maximum atomic E-state index is 14.3. The normalized spacial score (nSPS) is 16.4. The first kappa shape index (κ1) is 25.0. The van der Waals surface area contributed by atoms with Gasteiger partial charge in [0.25, 0.3) is 5.56 Å². The van der Waals surface area contributed by atoms with Gasteiger partial charge in [-0.15, -0.1) is 0 Å². The summed E-state index contributed by atoms with van der Waals surface area (Å²) >= 11 is 7.34. The minimum Gasteiger partial charge on any atom is -0.318 e. The van der Waals surface area contributed by atoms with Crippen molar-refractivity contribution < 1.29 is 4.39 Å². The third kappa shape index (κ3) is 3.94.